The second-order valence-electron chi connectivity index (χ2n) is 11.8. The van der Waals surface area contributed by atoms with Crippen molar-refractivity contribution in [3.8, 4) is 11.1 Å². The number of rotatable bonds is 8. The number of carbonyl (C=O) groups is 1. The van der Waals surface area contributed by atoms with Crippen LogP contribution >= 0.6 is 0 Å². The summed E-state index contributed by atoms with van der Waals surface area (Å²) in [5.41, 5.74) is 9.39. The van der Waals surface area contributed by atoms with Crippen LogP contribution in [0, 0.1) is 0 Å². The Kier molecular flexibility index (Phi) is 7.70. The van der Waals surface area contributed by atoms with Crippen molar-refractivity contribution in [3.05, 3.63) is 194 Å². The van der Waals surface area contributed by atoms with Gasteiger partial charge in [0.05, 0.1) is 11.4 Å². The lowest BCUT2D eigenvalue weighted by Gasteiger charge is -2.27. The van der Waals surface area contributed by atoms with E-state index in [-0.39, 0.29) is 0 Å². The van der Waals surface area contributed by atoms with Crippen molar-refractivity contribution in [2.75, 3.05) is 9.80 Å². The molecule has 0 aromatic heterocycles. The highest BCUT2D eigenvalue weighted by molar-refractivity contribution is 6.00. The van der Waals surface area contributed by atoms with Gasteiger partial charge in [-0.1, -0.05) is 115 Å². The van der Waals surface area contributed by atoms with E-state index in [0.717, 1.165) is 56.9 Å². The Labute approximate surface area is 280 Å². The predicted octanol–water partition coefficient (Wildman–Crippen LogP) is 12.4. The van der Waals surface area contributed by atoms with Crippen LogP contribution in [0.4, 0.5) is 34.1 Å². The van der Waals surface area contributed by atoms with E-state index in [1.807, 2.05) is 24.3 Å². The van der Waals surface area contributed by atoms with E-state index in [1.54, 1.807) is 0 Å². The molecule has 228 valence electrons. The van der Waals surface area contributed by atoms with E-state index < -0.39 is 0 Å². The summed E-state index contributed by atoms with van der Waals surface area (Å²) in [5, 5.41) is 4.76. The number of fused-ring (bicyclic) bond motifs is 2. The minimum Gasteiger partial charge on any atom is -0.310 e. The van der Waals surface area contributed by atoms with Crippen LogP contribution in [0.15, 0.2) is 188 Å². The third-order valence-electron chi connectivity index (χ3n) is 8.90. The van der Waals surface area contributed by atoms with Gasteiger partial charge in [-0.2, -0.15) is 0 Å². The zero-order valence-corrected chi connectivity index (χ0v) is 26.3. The second-order valence-corrected chi connectivity index (χ2v) is 11.8. The zero-order chi connectivity index (χ0) is 32.3. The van der Waals surface area contributed by atoms with Crippen molar-refractivity contribution in [2.45, 2.75) is 0 Å². The SMILES string of the molecule is O=Cc1ccc(N(c2ccc(-c3ccc(N(c4ccccc4)c4cccc5ccccc45)cc3)cc2)c2cccc3ccccc23)cc1. The predicted molar refractivity (Wildman–Crippen MR) is 202 cm³/mol. The van der Waals surface area contributed by atoms with Crippen LogP contribution in [0.25, 0.3) is 32.7 Å². The van der Waals surface area contributed by atoms with Crippen LogP contribution in [0.2, 0.25) is 0 Å². The van der Waals surface area contributed by atoms with Gasteiger partial charge in [0, 0.05) is 39.1 Å². The molecule has 0 aliphatic heterocycles. The van der Waals surface area contributed by atoms with E-state index in [1.165, 1.54) is 16.2 Å². The number of anilines is 6. The molecule has 8 aromatic carbocycles. The summed E-state index contributed by atoms with van der Waals surface area (Å²) < 4.78 is 0. The van der Waals surface area contributed by atoms with E-state index in [2.05, 4.69) is 174 Å². The molecule has 3 nitrogen and oxygen atoms in total. The van der Waals surface area contributed by atoms with Crippen LogP contribution < -0.4 is 9.80 Å². The molecule has 0 heterocycles. The molecule has 0 aliphatic rings. The first-order valence-electron chi connectivity index (χ1n) is 16.1. The van der Waals surface area contributed by atoms with Crippen LogP contribution in [-0.2, 0) is 0 Å². The number of carbonyl (C=O) groups excluding carboxylic acids is 1. The molecule has 48 heavy (non-hydrogen) atoms. The van der Waals surface area contributed by atoms with Crippen molar-refractivity contribution >= 4 is 62.0 Å². The highest BCUT2D eigenvalue weighted by Gasteiger charge is 2.17. The minimum atomic E-state index is 0.654. The molecular formula is C45H32N2O. The largest absolute Gasteiger partial charge is 0.310 e. The van der Waals surface area contributed by atoms with Crippen LogP contribution in [0.5, 0.6) is 0 Å². The first kappa shape index (κ1) is 29.0. The molecule has 0 bridgehead atoms. The van der Waals surface area contributed by atoms with E-state index in [4.69, 9.17) is 0 Å². The summed E-state index contributed by atoms with van der Waals surface area (Å²) in [6, 6.07) is 65.6. The average molecular weight is 617 g/mol. The van der Waals surface area contributed by atoms with Gasteiger partial charge in [-0.15, -0.1) is 0 Å². The Bertz CT molecular complexity index is 2340. The Morgan fingerprint density at radius 1 is 0.333 bits per heavy atom. The average Bonchev–Trinajstić information content (AvgIpc) is 3.16. The Balaban J connectivity index is 1.16. The van der Waals surface area contributed by atoms with E-state index in [0.29, 0.717) is 5.56 Å². The number of hydrogen-bond acceptors (Lipinski definition) is 3. The van der Waals surface area contributed by atoms with Gasteiger partial charge in [-0.05, 0) is 94.7 Å². The van der Waals surface area contributed by atoms with Crippen molar-refractivity contribution < 1.29 is 4.79 Å². The van der Waals surface area contributed by atoms with Gasteiger partial charge >= 0.3 is 0 Å². The maximum Gasteiger partial charge on any atom is 0.150 e. The lowest BCUT2D eigenvalue weighted by Crippen LogP contribution is -2.10. The first-order valence-corrected chi connectivity index (χ1v) is 16.1. The highest BCUT2D eigenvalue weighted by atomic mass is 16.1. The summed E-state index contributed by atoms with van der Waals surface area (Å²) in [6.07, 6.45) is 0.882. The van der Waals surface area contributed by atoms with Crippen molar-refractivity contribution in [3.63, 3.8) is 0 Å². The maximum absolute atomic E-state index is 11.4. The second kappa shape index (κ2) is 12.7. The molecule has 0 spiro atoms. The number of hydrogen-bond donors (Lipinski definition) is 0. The summed E-state index contributed by atoms with van der Waals surface area (Å²) >= 11 is 0. The molecule has 8 aromatic rings. The number of aldehydes is 1. The third kappa shape index (κ3) is 5.48. The summed E-state index contributed by atoms with van der Waals surface area (Å²) in [4.78, 5) is 16.0. The van der Waals surface area contributed by atoms with Gasteiger partial charge in [0.1, 0.15) is 6.29 Å². The summed E-state index contributed by atoms with van der Waals surface area (Å²) in [5.74, 6) is 0. The molecule has 0 radical (unpaired) electrons. The minimum absolute atomic E-state index is 0.654. The standard InChI is InChI=1S/C45H32N2O/c48-32-33-20-26-39(27-21-33)47(45-19-9-13-37-11-5-7-17-43(37)45)41-30-24-35(25-31-41)34-22-28-40(29-23-34)46(38-14-2-1-3-15-38)44-18-8-12-36-10-4-6-16-42(36)44/h1-32H. The van der Waals surface area contributed by atoms with E-state index in [9.17, 15) is 4.79 Å². The molecule has 0 aliphatic carbocycles. The zero-order valence-electron chi connectivity index (χ0n) is 26.3. The highest BCUT2D eigenvalue weighted by Crippen LogP contribution is 2.41. The molecule has 0 fully saturated rings. The van der Waals surface area contributed by atoms with Crippen molar-refractivity contribution in [1.29, 1.82) is 0 Å². The molecule has 0 saturated carbocycles. The van der Waals surface area contributed by atoms with Crippen molar-refractivity contribution in [2.24, 2.45) is 0 Å². The third-order valence-corrected chi connectivity index (χ3v) is 8.90. The molecule has 0 saturated heterocycles. The summed E-state index contributed by atoms with van der Waals surface area (Å²) in [6.45, 7) is 0. The quantitative estimate of drug-likeness (QED) is 0.159. The molecule has 8 rings (SSSR count). The Morgan fingerprint density at radius 2 is 0.708 bits per heavy atom. The monoisotopic (exact) mass is 616 g/mol. The first-order chi connectivity index (χ1) is 23.8. The number of para-hydroxylation sites is 1. The van der Waals surface area contributed by atoms with Crippen LogP contribution in [0.1, 0.15) is 10.4 Å². The lowest BCUT2D eigenvalue weighted by atomic mass is 10.0. The number of nitrogens with zero attached hydrogens (tertiary/aromatic N) is 2. The van der Waals surface area contributed by atoms with Gasteiger partial charge < -0.3 is 9.80 Å². The Morgan fingerprint density at radius 3 is 1.17 bits per heavy atom. The van der Waals surface area contributed by atoms with Gasteiger partial charge in [0.25, 0.3) is 0 Å². The van der Waals surface area contributed by atoms with Gasteiger partial charge in [0.2, 0.25) is 0 Å². The molecule has 0 amide bonds. The smallest absolute Gasteiger partial charge is 0.150 e. The van der Waals surface area contributed by atoms with Gasteiger partial charge in [-0.25, -0.2) is 0 Å². The molecule has 0 N–H and O–H groups in total. The van der Waals surface area contributed by atoms with Crippen molar-refractivity contribution in [1.82, 2.24) is 0 Å². The maximum atomic E-state index is 11.4. The van der Waals surface area contributed by atoms with Gasteiger partial charge in [0.15, 0.2) is 0 Å². The van der Waals surface area contributed by atoms with Crippen LogP contribution in [0.3, 0.4) is 0 Å². The summed E-state index contributed by atoms with van der Waals surface area (Å²) in [7, 11) is 0. The molecule has 3 heteroatoms. The fourth-order valence-electron chi connectivity index (χ4n) is 6.55. The fraction of sp³-hybridized carbons (Fsp3) is 0. The van der Waals surface area contributed by atoms with Gasteiger partial charge in [-0.3, -0.25) is 4.79 Å². The molecule has 0 atom stereocenters. The lowest BCUT2D eigenvalue weighted by molar-refractivity contribution is 0.112. The van der Waals surface area contributed by atoms with Crippen LogP contribution in [-0.4, -0.2) is 6.29 Å². The topological polar surface area (TPSA) is 23.6 Å². The fourth-order valence-corrected chi connectivity index (χ4v) is 6.55. The number of benzene rings is 8. The van der Waals surface area contributed by atoms with E-state index >= 15 is 0 Å². The molecule has 0 unspecified atom stereocenters. The normalized spacial score (nSPS) is 11.0. The molecular weight excluding hydrogens is 585 g/mol. The Hall–Kier alpha value is -6.45.